The molecular formula is C20H16N4O4S. The van der Waals surface area contributed by atoms with E-state index in [1.165, 1.54) is 18.3 Å². The lowest BCUT2D eigenvalue weighted by molar-refractivity contribution is -0.131. The summed E-state index contributed by atoms with van der Waals surface area (Å²) in [5.74, 6) is 0.576. The van der Waals surface area contributed by atoms with Gasteiger partial charge in [-0.3, -0.25) is 14.9 Å². The van der Waals surface area contributed by atoms with Gasteiger partial charge in [-0.05, 0) is 48.5 Å². The summed E-state index contributed by atoms with van der Waals surface area (Å²) in [4.78, 5) is 28.4. The molecule has 0 bridgehead atoms. The Morgan fingerprint density at radius 1 is 1.03 bits per heavy atom. The highest BCUT2D eigenvalue weighted by atomic mass is 32.1. The topological polar surface area (TPSA) is 94.8 Å². The summed E-state index contributed by atoms with van der Waals surface area (Å²) < 4.78 is 11.8. The molecule has 29 heavy (non-hydrogen) atoms. The second-order valence-electron chi connectivity index (χ2n) is 6.05. The fourth-order valence-corrected chi connectivity index (χ4v) is 3.54. The van der Waals surface area contributed by atoms with E-state index in [0.29, 0.717) is 16.3 Å². The zero-order valence-corrected chi connectivity index (χ0v) is 16.4. The van der Waals surface area contributed by atoms with Crippen LogP contribution in [0.2, 0.25) is 0 Å². The summed E-state index contributed by atoms with van der Waals surface area (Å²) in [5, 5.41) is 9.04. The maximum Gasteiger partial charge on any atom is 0.308 e. The fraction of sp³-hybridized carbons (Fsp3) is 0.100. The van der Waals surface area contributed by atoms with Crippen LogP contribution in [0, 0.1) is 0 Å². The average Bonchev–Trinajstić information content (AvgIpc) is 3.28. The van der Waals surface area contributed by atoms with Crippen LogP contribution in [0.1, 0.15) is 17.3 Å². The molecule has 146 valence electrons. The van der Waals surface area contributed by atoms with Gasteiger partial charge in [0.05, 0.1) is 12.8 Å². The molecule has 0 aliphatic carbocycles. The molecule has 0 aliphatic heterocycles. The molecule has 8 nitrogen and oxygen atoms in total. The van der Waals surface area contributed by atoms with Gasteiger partial charge >= 0.3 is 5.97 Å². The second kappa shape index (κ2) is 7.72. The number of fused-ring (bicyclic) bond motifs is 1. The highest BCUT2D eigenvalue weighted by molar-refractivity contribution is 7.15. The van der Waals surface area contributed by atoms with Crippen molar-refractivity contribution in [3.05, 3.63) is 59.5 Å². The van der Waals surface area contributed by atoms with Gasteiger partial charge in [-0.1, -0.05) is 0 Å². The van der Waals surface area contributed by atoms with E-state index in [1.807, 2.05) is 29.6 Å². The first-order valence-corrected chi connectivity index (χ1v) is 9.50. The Hall–Kier alpha value is -3.72. The maximum atomic E-state index is 12.5. The van der Waals surface area contributed by atoms with Gasteiger partial charge in [0.15, 0.2) is 0 Å². The van der Waals surface area contributed by atoms with Gasteiger partial charge in [-0.2, -0.15) is 4.98 Å². The molecule has 1 amide bonds. The van der Waals surface area contributed by atoms with Crippen molar-refractivity contribution in [1.29, 1.82) is 0 Å². The molecule has 2 aromatic carbocycles. The third-order valence-electron chi connectivity index (χ3n) is 4.07. The summed E-state index contributed by atoms with van der Waals surface area (Å²) in [6, 6.07) is 13.9. The monoisotopic (exact) mass is 408 g/mol. The highest BCUT2D eigenvalue weighted by Gasteiger charge is 2.14. The van der Waals surface area contributed by atoms with Gasteiger partial charge in [0.2, 0.25) is 4.96 Å². The molecule has 0 radical (unpaired) electrons. The van der Waals surface area contributed by atoms with Gasteiger partial charge in [-0.15, -0.1) is 16.4 Å². The number of carbonyl (C=O) groups is 2. The molecule has 0 unspecified atom stereocenters. The molecule has 2 aromatic heterocycles. The first-order valence-electron chi connectivity index (χ1n) is 8.62. The number of benzene rings is 2. The molecular weight excluding hydrogens is 392 g/mol. The molecule has 2 heterocycles. The minimum absolute atomic E-state index is 0.209. The summed E-state index contributed by atoms with van der Waals surface area (Å²) in [6.45, 7) is 1.32. The molecule has 4 aromatic rings. The van der Waals surface area contributed by atoms with E-state index in [2.05, 4.69) is 15.4 Å². The van der Waals surface area contributed by atoms with Crippen molar-refractivity contribution in [1.82, 2.24) is 14.6 Å². The molecule has 0 fully saturated rings. The Balaban J connectivity index is 1.53. The van der Waals surface area contributed by atoms with Gasteiger partial charge in [0, 0.05) is 23.4 Å². The summed E-state index contributed by atoms with van der Waals surface area (Å²) in [5.41, 5.74) is 2.22. The second-order valence-corrected chi connectivity index (χ2v) is 6.89. The zero-order valence-electron chi connectivity index (χ0n) is 15.6. The molecule has 0 aliphatic rings. The van der Waals surface area contributed by atoms with Crippen LogP contribution in [0.3, 0.4) is 0 Å². The van der Waals surface area contributed by atoms with Crippen molar-refractivity contribution in [2.24, 2.45) is 0 Å². The Kier molecular flexibility index (Phi) is 4.96. The van der Waals surface area contributed by atoms with Crippen LogP contribution < -0.4 is 14.8 Å². The number of nitrogens with one attached hydrogen (secondary N) is 1. The van der Waals surface area contributed by atoms with Gasteiger partial charge < -0.3 is 9.47 Å². The van der Waals surface area contributed by atoms with E-state index in [-0.39, 0.29) is 11.9 Å². The number of carbonyl (C=O) groups excluding carboxylic acids is 2. The third kappa shape index (κ3) is 3.94. The number of hydrogen-bond donors (Lipinski definition) is 1. The number of ether oxygens (including phenoxy) is 2. The van der Waals surface area contributed by atoms with Crippen molar-refractivity contribution in [2.75, 3.05) is 12.4 Å². The third-order valence-corrected chi connectivity index (χ3v) is 4.89. The lowest BCUT2D eigenvalue weighted by Crippen LogP contribution is -2.13. The fourth-order valence-electron chi connectivity index (χ4n) is 2.71. The van der Waals surface area contributed by atoms with Crippen molar-refractivity contribution in [2.45, 2.75) is 6.92 Å². The molecule has 0 saturated carbocycles. The number of rotatable bonds is 5. The normalized spacial score (nSPS) is 10.7. The van der Waals surface area contributed by atoms with E-state index in [9.17, 15) is 9.59 Å². The van der Waals surface area contributed by atoms with E-state index in [0.717, 1.165) is 17.0 Å². The van der Waals surface area contributed by atoms with Crippen molar-refractivity contribution in [3.63, 3.8) is 0 Å². The molecule has 9 heteroatoms. The smallest absolute Gasteiger partial charge is 0.308 e. The lowest BCUT2D eigenvalue weighted by Gasteiger charge is -2.04. The highest BCUT2D eigenvalue weighted by Crippen LogP contribution is 2.27. The maximum absolute atomic E-state index is 12.5. The first-order chi connectivity index (χ1) is 14.0. The van der Waals surface area contributed by atoms with Crippen LogP contribution in [-0.2, 0) is 4.79 Å². The van der Waals surface area contributed by atoms with Crippen LogP contribution in [0.15, 0.2) is 53.9 Å². The van der Waals surface area contributed by atoms with Gasteiger partial charge in [0.25, 0.3) is 11.9 Å². The predicted octanol–water partition coefficient (Wildman–Crippen LogP) is 3.64. The molecule has 0 spiro atoms. The minimum Gasteiger partial charge on any atom is -0.497 e. The van der Waals surface area contributed by atoms with Gasteiger partial charge in [0.1, 0.15) is 11.5 Å². The number of hydrogen-bond acceptors (Lipinski definition) is 7. The van der Waals surface area contributed by atoms with Crippen LogP contribution in [0.4, 0.5) is 5.95 Å². The van der Waals surface area contributed by atoms with Crippen LogP contribution in [-0.4, -0.2) is 33.6 Å². The van der Waals surface area contributed by atoms with E-state index in [4.69, 9.17) is 9.47 Å². The largest absolute Gasteiger partial charge is 0.497 e. The predicted molar refractivity (Wildman–Crippen MR) is 109 cm³/mol. The standard InChI is InChI=1S/C20H16N4O4S/c1-12(25)28-16-9-5-14(6-10-16)18(26)21-19-22-20-24(23-19)17(11-29-20)13-3-7-15(27-2)8-4-13/h3-11H,1-2H3,(H,21,23,26). The van der Waals surface area contributed by atoms with Crippen molar-refractivity contribution >= 4 is 34.1 Å². The van der Waals surface area contributed by atoms with Crippen LogP contribution in [0.25, 0.3) is 16.2 Å². The molecule has 0 saturated heterocycles. The molecule has 1 N–H and O–H groups in total. The molecule has 4 rings (SSSR count). The van der Waals surface area contributed by atoms with E-state index in [1.54, 1.807) is 35.9 Å². The first kappa shape index (κ1) is 18.6. The Morgan fingerprint density at radius 2 is 1.72 bits per heavy atom. The van der Waals surface area contributed by atoms with E-state index >= 15 is 0 Å². The SMILES string of the molecule is COc1ccc(-c2csc3nc(NC(=O)c4ccc(OC(C)=O)cc4)nn23)cc1. The summed E-state index contributed by atoms with van der Waals surface area (Å²) >= 11 is 1.43. The summed E-state index contributed by atoms with van der Waals surface area (Å²) in [7, 11) is 1.62. The van der Waals surface area contributed by atoms with Crippen LogP contribution in [0.5, 0.6) is 11.5 Å². The number of nitrogens with zero attached hydrogens (tertiary/aromatic N) is 3. The number of amides is 1. The number of aromatic nitrogens is 3. The summed E-state index contributed by atoms with van der Waals surface area (Å²) in [6.07, 6.45) is 0. The Labute approximate surface area is 169 Å². The van der Waals surface area contributed by atoms with Crippen LogP contribution >= 0.6 is 11.3 Å². The van der Waals surface area contributed by atoms with Gasteiger partial charge in [-0.25, -0.2) is 4.52 Å². The Bertz CT molecular complexity index is 1180. The van der Waals surface area contributed by atoms with Crippen molar-refractivity contribution in [3.8, 4) is 22.8 Å². The number of methoxy groups -OCH3 is 1. The zero-order chi connectivity index (χ0) is 20.4. The van der Waals surface area contributed by atoms with Crippen molar-refractivity contribution < 1.29 is 19.1 Å². The van der Waals surface area contributed by atoms with E-state index < -0.39 is 5.97 Å². The minimum atomic E-state index is -0.419. The number of anilines is 1. The lowest BCUT2D eigenvalue weighted by atomic mass is 10.2. The molecule has 0 atom stereocenters. The quantitative estimate of drug-likeness (QED) is 0.400. The Morgan fingerprint density at radius 3 is 2.38 bits per heavy atom. The average molecular weight is 408 g/mol. The number of thiazole rings is 1. The number of esters is 1.